The fourth-order valence-electron chi connectivity index (χ4n) is 16.1. The minimum atomic E-state index is -2.83. The first-order chi connectivity index (χ1) is 42.4. The van der Waals surface area contributed by atoms with Crippen LogP contribution in [0, 0.1) is 0 Å². The Kier molecular flexibility index (Phi) is 13.8. The predicted octanol–water partition coefficient (Wildman–Crippen LogP) is 17.7. The van der Waals surface area contributed by atoms with Crippen LogP contribution in [0.2, 0.25) is 0 Å². The van der Waals surface area contributed by atoms with E-state index in [0.29, 0.717) is 0 Å². The number of hydrogen-bond donors (Lipinski definition) is 0. The van der Waals surface area contributed by atoms with Gasteiger partial charge in [-0.2, -0.15) is 0 Å². The van der Waals surface area contributed by atoms with Crippen molar-refractivity contribution in [3.8, 4) is 11.1 Å². The molecule has 89 heavy (non-hydrogen) atoms. The maximum Gasteiger partial charge on any atom is 0.252 e. The lowest BCUT2D eigenvalue weighted by Gasteiger charge is -2.51. The van der Waals surface area contributed by atoms with Crippen molar-refractivity contribution in [1.29, 1.82) is 0 Å². The number of nitrogens with zero attached hydrogens (tertiary/aromatic N) is 3. The molecule has 0 bridgehead atoms. The van der Waals surface area contributed by atoms with Crippen molar-refractivity contribution in [3.05, 3.63) is 258 Å². The lowest BCUT2D eigenvalue weighted by molar-refractivity contribution is 0.195. The van der Waals surface area contributed by atoms with Crippen LogP contribution in [0.5, 0.6) is 0 Å². The van der Waals surface area contributed by atoms with Crippen LogP contribution < -0.4 is 51.8 Å². The topological polar surface area (TPSA) is 9.72 Å². The highest BCUT2D eigenvalue weighted by molar-refractivity contribution is 7.20. The molecular weight excluding hydrogens is 1090 g/mol. The zero-order valence-electron chi connectivity index (χ0n) is 55.2. The van der Waals surface area contributed by atoms with Gasteiger partial charge in [0.25, 0.3) is 6.71 Å². The van der Waals surface area contributed by atoms with Gasteiger partial charge in [0.05, 0.1) is 11.2 Å². The van der Waals surface area contributed by atoms with E-state index in [1.807, 2.05) is 0 Å². The average molecular weight is 1180 g/mol. The molecule has 0 radical (unpaired) electrons. The maximum absolute atomic E-state index is 2.83. The SMILES string of the molecule is CC(C)(C)c1ccc(N2c3cc(N4c5ccc([Si](c6ccccc6)(c6ccccc6)c6ccccc6)cc5C5(C)CCCCC45C)ccc3B3c4ccc(C(C)(C)C)cc4N(c4ccc(C(C)(C)C)cc4-c4ccccc4)c4cc(C(C)(C)C)cc2c43)cc1. The van der Waals surface area contributed by atoms with Gasteiger partial charge in [-0.25, -0.2) is 0 Å². The molecule has 1 saturated carbocycles. The number of anilines is 8. The summed E-state index contributed by atoms with van der Waals surface area (Å²) in [6, 6.07) is 90.5. The summed E-state index contributed by atoms with van der Waals surface area (Å²) in [4.78, 5) is 8.18. The zero-order valence-corrected chi connectivity index (χ0v) is 56.2. The fraction of sp³-hybridized carbons (Fsp3) is 0.286. The Balaban J connectivity index is 1.04. The van der Waals surface area contributed by atoms with Gasteiger partial charge in [0.2, 0.25) is 0 Å². The van der Waals surface area contributed by atoms with Crippen molar-refractivity contribution >= 4 is 97.4 Å². The summed E-state index contributed by atoms with van der Waals surface area (Å²) in [5.41, 5.74) is 22.6. The van der Waals surface area contributed by atoms with Gasteiger partial charge in [0.15, 0.2) is 8.07 Å². The third-order valence-electron chi connectivity index (χ3n) is 21.4. The van der Waals surface area contributed by atoms with E-state index in [9.17, 15) is 0 Å². The summed E-state index contributed by atoms with van der Waals surface area (Å²) in [6.45, 7) is 33.5. The second-order valence-corrected chi connectivity index (χ2v) is 34.7. The first-order valence-electron chi connectivity index (χ1n) is 32.9. The molecule has 3 nitrogen and oxygen atoms in total. The molecule has 4 aliphatic rings. The Morgan fingerprint density at radius 3 is 1.37 bits per heavy atom. The summed E-state index contributed by atoms with van der Waals surface area (Å²) in [5.74, 6) is 0. The van der Waals surface area contributed by atoms with Gasteiger partial charge < -0.3 is 14.7 Å². The number of hydrogen-bond acceptors (Lipinski definition) is 3. The van der Waals surface area contributed by atoms with Crippen molar-refractivity contribution in [2.75, 3.05) is 14.7 Å². The summed E-state index contributed by atoms with van der Waals surface area (Å²) in [5, 5.41) is 5.66. The van der Waals surface area contributed by atoms with E-state index in [-0.39, 0.29) is 39.3 Å². The highest BCUT2D eigenvalue weighted by atomic mass is 28.3. The quantitative estimate of drug-likeness (QED) is 0.111. The Hall–Kier alpha value is -8.12. The van der Waals surface area contributed by atoms with E-state index >= 15 is 0 Å². The van der Waals surface area contributed by atoms with E-state index in [1.54, 1.807) is 0 Å². The molecule has 3 aliphatic heterocycles. The molecule has 0 saturated heterocycles. The third kappa shape index (κ3) is 9.33. The Morgan fingerprint density at radius 1 is 0.360 bits per heavy atom. The summed E-state index contributed by atoms with van der Waals surface area (Å²) >= 11 is 0. The smallest absolute Gasteiger partial charge is 0.252 e. The molecule has 0 amide bonds. The van der Waals surface area contributed by atoms with Gasteiger partial charge in [-0.15, -0.1) is 0 Å². The molecule has 2 atom stereocenters. The van der Waals surface area contributed by atoms with Crippen LogP contribution in [-0.4, -0.2) is 20.3 Å². The van der Waals surface area contributed by atoms with Gasteiger partial charge in [-0.3, -0.25) is 0 Å². The molecule has 0 N–H and O–H groups in total. The van der Waals surface area contributed by atoms with E-state index in [4.69, 9.17) is 0 Å². The highest BCUT2D eigenvalue weighted by Gasteiger charge is 2.59. The molecular formula is C84H88BN3Si. The molecule has 10 aromatic carbocycles. The van der Waals surface area contributed by atoms with Crippen LogP contribution in [0.15, 0.2) is 231 Å². The Labute approximate surface area is 533 Å². The summed E-state index contributed by atoms with van der Waals surface area (Å²) < 4.78 is 0. The van der Waals surface area contributed by atoms with Gasteiger partial charge in [-0.1, -0.05) is 273 Å². The largest absolute Gasteiger partial charge is 0.334 e. The fourth-order valence-corrected chi connectivity index (χ4v) is 20.9. The van der Waals surface area contributed by atoms with Crippen molar-refractivity contribution in [1.82, 2.24) is 0 Å². The predicted molar refractivity (Wildman–Crippen MR) is 387 cm³/mol. The van der Waals surface area contributed by atoms with Crippen LogP contribution >= 0.6 is 0 Å². The normalized spacial score (nSPS) is 18.0. The second-order valence-electron chi connectivity index (χ2n) is 30.9. The monoisotopic (exact) mass is 1180 g/mol. The number of benzene rings is 10. The van der Waals surface area contributed by atoms with E-state index in [1.165, 1.54) is 134 Å². The third-order valence-corrected chi connectivity index (χ3v) is 26.2. The molecule has 446 valence electrons. The minimum Gasteiger partial charge on any atom is -0.334 e. The van der Waals surface area contributed by atoms with Gasteiger partial charge >= 0.3 is 0 Å². The molecule has 5 heteroatoms. The molecule has 10 aromatic rings. The average Bonchev–Trinajstić information content (AvgIpc) is 1.75. The summed E-state index contributed by atoms with van der Waals surface area (Å²) in [6.07, 6.45) is 4.64. The second kappa shape index (κ2) is 21.0. The van der Waals surface area contributed by atoms with E-state index < -0.39 is 8.07 Å². The molecule has 1 aliphatic carbocycles. The van der Waals surface area contributed by atoms with Crippen LogP contribution in [0.4, 0.5) is 45.5 Å². The highest BCUT2D eigenvalue weighted by Crippen LogP contribution is 2.61. The lowest BCUT2D eigenvalue weighted by atomic mass is 9.33. The Morgan fingerprint density at radius 2 is 0.809 bits per heavy atom. The Bertz CT molecular complexity index is 4240. The summed E-state index contributed by atoms with van der Waals surface area (Å²) in [7, 11) is -2.83. The van der Waals surface area contributed by atoms with Gasteiger partial charge in [0.1, 0.15) is 0 Å². The molecule has 0 aromatic heterocycles. The number of rotatable bonds is 8. The molecule has 3 heterocycles. The first kappa shape index (κ1) is 58.6. The van der Waals surface area contributed by atoms with Crippen molar-refractivity contribution in [3.63, 3.8) is 0 Å². The van der Waals surface area contributed by atoms with Crippen molar-refractivity contribution < 1.29 is 0 Å². The van der Waals surface area contributed by atoms with Crippen LogP contribution in [0.25, 0.3) is 11.1 Å². The van der Waals surface area contributed by atoms with Crippen molar-refractivity contribution in [2.24, 2.45) is 0 Å². The maximum atomic E-state index is 2.83. The van der Waals surface area contributed by atoms with Crippen LogP contribution in [-0.2, 0) is 27.1 Å². The number of fused-ring (bicyclic) bond motifs is 7. The van der Waals surface area contributed by atoms with Crippen LogP contribution in [0.1, 0.15) is 150 Å². The first-order valence-corrected chi connectivity index (χ1v) is 34.9. The molecule has 0 spiro atoms. The van der Waals surface area contributed by atoms with Crippen LogP contribution in [0.3, 0.4) is 0 Å². The minimum absolute atomic E-state index is 0.00637. The van der Waals surface area contributed by atoms with E-state index in [2.05, 4.69) is 342 Å². The molecule has 1 fully saturated rings. The molecule has 2 unspecified atom stereocenters. The zero-order chi connectivity index (χ0) is 62.2. The van der Waals surface area contributed by atoms with Crippen molar-refractivity contribution in [2.45, 2.75) is 155 Å². The van der Waals surface area contributed by atoms with Gasteiger partial charge in [-0.05, 0) is 173 Å². The van der Waals surface area contributed by atoms with E-state index in [0.717, 1.165) is 12.8 Å². The van der Waals surface area contributed by atoms with Gasteiger partial charge in [0, 0.05) is 50.8 Å². The standard InChI is InChI=1S/C84H88BN3Si/c1-79(2,3)58-37-41-62(42-38-58)86-75-55-63(88-73-48-44-67(56-69(73)83(13)49-27-28-50-84(83,88)14)89(64-31-21-16-22-32-64,65-33-23-17-24-34-65)66-35-25-18-26-36-66)43-46-71(75)85-70-45-39-60(81(7,8)9)52-74(70)87(77-54-61(82(10,11)12)53-76(86)78(77)85)72-47-40-59(80(4,5)6)51-68(72)57-29-19-15-20-30-57/h15-26,29-48,51-56H,27-28,49-50H2,1-14H3. The lowest BCUT2D eigenvalue weighted by Crippen LogP contribution is -2.74. The molecule has 14 rings (SSSR count).